The van der Waals surface area contributed by atoms with E-state index >= 15 is 0 Å². The first kappa shape index (κ1) is 20.2. The van der Waals surface area contributed by atoms with Gasteiger partial charge in [0.05, 0.1) is 6.42 Å². The molecule has 136 valence electrons. The largest absolute Gasteiger partial charge is 0.481 e. The van der Waals surface area contributed by atoms with E-state index in [1.165, 1.54) is 0 Å². The lowest BCUT2D eigenvalue weighted by Crippen LogP contribution is -2.46. The predicted octanol–water partition coefficient (Wildman–Crippen LogP) is 0.272. The zero-order valence-corrected chi connectivity index (χ0v) is 14.1. The number of nitrogens with one attached hydrogen (secondary N) is 3. The highest BCUT2D eigenvalue weighted by Gasteiger charge is 2.33. The molecule has 0 bridgehead atoms. The number of carboxylic acid groups (broad SMARTS) is 1. The first-order valence-electron chi connectivity index (χ1n) is 7.40. The molecule has 1 aromatic rings. The molecule has 1 aromatic carbocycles. The second-order valence-electron chi connectivity index (χ2n) is 5.34. The Morgan fingerprint density at radius 2 is 1.96 bits per heavy atom. The average Bonchev–Trinajstić information content (AvgIpc) is 2.88. The number of carbonyl (C=O) groups is 3. The number of nitrogens with two attached hydrogens (primary N) is 1. The van der Waals surface area contributed by atoms with Crippen molar-refractivity contribution in [3.63, 3.8) is 0 Å². The van der Waals surface area contributed by atoms with Crippen molar-refractivity contribution in [1.29, 1.82) is 5.41 Å². The summed E-state index contributed by atoms with van der Waals surface area (Å²) in [5, 5.41) is 20.8. The predicted molar refractivity (Wildman–Crippen MR) is 94.3 cm³/mol. The summed E-state index contributed by atoms with van der Waals surface area (Å²) in [4.78, 5) is 36.0. The van der Waals surface area contributed by atoms with E-state index in [2.05, 4.69) is 10.6 Å². The molecule has 3 amide bonds. The van der Waals surface area contributed by atoms with Gasteiger partial charge in [0.15, 0.2) is 0 Å². The number of amides is 3. The maximum Gasteiger partial charge on any atom is 0.315 e. The third kappa shape index (κ3) is 5.35. The van der Waals surface area contributed by atoms with Gasteiger partial charge in [0.2, 0.25) is 5.91 Å². The minimum atomic E-state index is -1.01. The molecule has 6 N–H and O–H groups in total. The van der Waals surface area contributed by atoms with Crippen molar-refractivity contribution in [3.8, 4) is 0 Å². The number of aliphatic carboxylic acids is 1. The van der Waals surface area contributed by atoms with Gasteiger partial charge >= 0.3 is 12.0 Å². The smallest absolute Gasteiger partial charge is 0.315 e. The minimum absolute atomic E-state index is 0. The van der Waals surface area contributed by atoms with Crippen molar-refractivity contribution in [1.82, 2.24) is 10.6 Å². The molecule has 1 aliphatic heterocycles. The Morgan fingerprint density at radius 1 is 1.32 bits per heavy atom. The van der Waals surface area contributed by atoms with Crippen LogP contribution in [0.1, 0.15) is 18.4 Å². The Kier molecular flexibility index (Phi) is 7.19. The molecular formula is C15H20ClN5O4. The molecule has 0 saturated carbocycles. The van der Waals surface area contributed by atoms with E-state index in [1.807, 2.05) is 0 Å². The standard InChI is InChI=1S/C15H19N5O4.ClH/c16-13(17)9-1-3-10(4-2-9)20-8-6-11(14(20)23)19-15(24)18-7-5-12(21)22;/h1-4,11H,5-8H2,(H3,16,17)(H,21,22)(H2,18,19,24);1H/t11-;/m1./s1. The molecule has 9 nitrogen and oxygen atoms in total. The van der Waals surface area contributed by atoms with E-state index in [1.54, 1.807) is 29.2 Å². The van der Waals surface area contributed by atoms with E-state index < -0.39 is 18.0 Å². The normalized spacial score (nSPS) is 16.1. The Bertz CT molecular complexity index is 664. The number of amidine groups is 1. The number of rotatable bonds is 6. The molecule has 1 heterocycles. The Hall–Kier alpha value is -2.81. The highest BCUT2D eigenvalue weighted by molar-refractivity contribution is 6.02. The SMILES string of the molecule is Cl.N=C(N)c1ccc(N2CC[C@@H](NC(=O)NCCC(=O)O)C2=O)cc1. The Labute approximate surface area is 150 Å². The first-order chi connectivity index (χ1) is 11.4. The second kappa shape index (κ2) is 8.88. The van der Waals surface area contributed by atoms with Crippen LogP contribution in [0, 0.1) is 5.41 Å². The minimum Gasteiger partial charge on any atom is -0.481 e. The molecule has 10 heteroatoms. The molecule has 1 atom stereocenters. The molecule has 1 aliphatic rings. The van der Waals surface area contributed by atoms with Crippen LogP contribution in [0.25, 0.3) is 0 Å². The summed E-state index contributed by atoms with van der Waals surface area (Å²) in [5.74, 6) is -1.29. The number of anilines is 1. The summed E-state index contributed by atoms with van der Waals surface area (Å²) < 4.78 is 0. The summed E-state index contributed by atoms with van der Waals surface area (Å²) >= 11 is 0. The number of carbonyl (C=O) groups excluding carboxylic acids is 2. The third-order valence-corrected chi connectivity index (χ3v) is 3.63. The molecular weight excluding hydrogens is 350 g/mol. The molecule has 0 aliphatic carbocycles. The number of hydrogen-bond donors (Lipinski definition) is 5. The van der Waals surface area contributed by atoms with E-state index in [0.717, 1.165) is 0 Å². The van der Waals surface area contributed by atoms with Crippen LogP contribution in [0.3, 0.4) is 0 Å². The van der Waals surface area contributed by atoms with Gasteiger partial charge in [-0.2, -0.15) is 0 Å². The quantitative estimate of drug-likeness (QED) is 0.360. The fraction of sp³-hybridized carbons (Fsp3) is 0.333. The van der Waals surface area contributed by atoms with Gasteiger partial charge in [-0.1, -0.05) is 0 Å². The van der Waals surface area contributed by atoms with Gasteiger partial charge in [0.25, 0.3) is 0 Å². The van der Waals surface area contributed by atoms with Gasteiger partial charge in [-0.3, -0.25) is 15.0 Å². The first-order valence-corrected chi connectivity index (χ1v) is 7.40. The fourth-order valence-electron chi connectivity index (χ4n) is 2.38. The van der Waals surface area contributed by atoms with Crippen molar-refractivity contribution >= 4 is 41.8 Å². The molecule has 1 saturated heterocycles. The number of carboxylic acids is 1. The van der Waals surface area contributed by atoms with Gasteiger partial charge in [-0.25, -0.2) is 4.79 Å². The van der Waals surface area contributed by atoms with Crippen LogP contribution in [-0.2, 0) is 9.59 Å². The lowest BCUT2D eigenvalue weighted by molar-refractivity contribution is -0.136. The molecule has 25 heavy (non-hydrogen) atoms. The van der Waals surface area contributed by atoms with Crippen LogP contribution in [0.2, 0.25) is 0 Å². The lowest BCUT2D eigenvalue weighted by Gasteiger charge is -2.17. The van der Waals surface area contributed by atoms with Crippen molar-refractivity contribution in [2.45, 2.75) is 18.9 Å². The zero-order valence-electron chi connectivity index (χ0n) is 13.3. The lowest BCUT2D eigenvalue weighted by atomic mass is 10.2. The molecule has 0 aromatic heterocycles. The summed E-state index contributed by atoms with van der Waals surface area (Å²) in [6.45, 7) is 0.455. The number of nitrogen functional groups attached to an aromatic ring is 1. The Morgan fingerprint density at radius 3 is 2.52 bits per heavy atom. The van der Waals surface area contributed by atoms with Gasteiger partial charge in [0.1, 0.15) is 11.9 Å². The van der Waals surface area contributed by atoms with Crippen molar-refractivity contribution in [3.05, 3.63) is 29.8 Å². The highest BCUT2D eigenvalue weighted by atomic mass is 35.5. The highest BCUT2D eigenvalue weighted by Crippen LogP contribution is 2.22. The van der Waals surface area contributed by atoms with Crippen LogP contribution in [0.4, 0.5) is 10.5 Å². The monoisotopic (exact) mass is 369 g/mol. The van der Waals surface area contributed by atoms with Gasteiger partial charge in [-0.15, -0.1) is 12.4 Å². The second-order valence-corrected chi connectivity index (χ2v) is 5.34. The maximum absolute atomic E-state index is 12.4. The number of urea groups is 1. The van der Waals surface area contributed by atoms with Crippen LogP contribution in [0.15, 0.2) is 24.3 Å². The summed E-state index contributed by atoms with van der Waals surface area (Å²) in [6, 6.07) is 5.49. The zero-order chi connectivity index (χ0) is 17.7. The number of benzene rings is 1. The number of hydrogen-bond acceptors (Lipinski definition) is 4. The van der Waals surface area contributed by atoms with E-state index in [4.69, 9.17) is 16.2 Å². The van der Waals surface area contributed by atoms with Crippen LogP contribution in [0.5, 0.6) is 0 Å². The summed E-state index contributed by atoms with van der Waals surface area (Å²) in [7, 11) is 0. The topological polar surface area (TPSA) is 149 Å². The van der Waals surface area contributed by atoms with Crippen LogP contribution >= 0.6 is 12.4 Å². The molecule has 1 fully saturated rings. The molecule has 0 spiro atoms. The summed E-state index contributed by atoms with van der Waals surface area (Å²) in [6.07, 6.45) is 0.278. The van der Waals surface area contributed by atoms with Gasteiger partial charge in [-0.05, 0) is 30.7 Å². The van der Waals surface area contributed by atoms with E-state index in [9.17, 15) is 14.4 Å². The van der Waals surface area contributed by atoms with E-state index in [-0.39, 0.29) is 37.1 Å². The number of halogens is 1. The number of nitrogens with zero attached hydrogens (tertiary/aromatic N) is 1. The fourth-order valence-corrected chi connectivity index (χ4v) is 2.38. The van der Waals surface area contributed by atoms with Gasteiger partial charge in [0, 0.05) is 24.3 Å². The Balaban J connectivity index is 0.00000312. The average molecular weight is 370 g/mol. The molecule has 2 rings (SSSR count). The van der Waals surface area contributed by atoms with E-state index in [0.29, 0.717) is 24.2 Å². The van der Waals surface area contributed by atoms with Crippen molar-refractivity contribution in [2.24, 2.45) is 5.73 Å². The van der Waals surface area contributed by atoms with Gasteiger partial charge < -0.3 is 26.4 Å². The maximum atomic E-state index is 12.4. The van der Waals surface area contributed by atoms with Crippen LogP contribution < -0.4 is 21.3 Å². The summed E-state index contributed by atoms with van der Waals surface area (Å²) in [5.41, 5.74) is 6.63. The third-order valence-electron chi connectivity index (χ3n) is 3.63. The van der Waals surface area contributed by atoms with Crippen LogP contribution in [-0.4, -0.2) is 48.0 Å². The van der Waals surface area contributed by atoms with Crippen molar-refractivity contribution in [2.75, 3.05) is 18.0 Å². The molecule has 0 unspecified atom stereocenters. The van der Waals surface area contributed by atoms with Crippen molar-refractivity contribution < 1.29 is 19.5 Å². The molecule has 0 radical (unpaired) electrons.